The lowest BCUT2D eigenvalue weighted by molar-refractivity contribution is 0.0925. The van der Waals surface area contributed by atoms with Crippen LogP contribution in [0.1, 0.15) is 55.8 Å². The number of benzene rings is 1. The lowest BCUT2D eigenvalue weighted by atomic mass is 9.96. The van der Waals surface area contributed by atoms with Crippen molar-refractivity contribution in [1.82, 2.24) is 5.32 Å². The van der Waals surface area contributed by atoms with E-state index in [1.54, 1.807) is 13.2 Å². The van der Waals surface area contributed by atoms with Crippen LogP contribution >= 0.6 is 0 Å². The third-order valence-electron chi connectivity index (χ3n) is 4.56. The van der Waals surface area contributed by atoms with Gasteiger partial charge in [0.2, 0.25) is 0 Å². The molecule has 1 aliphatic rings. The van der Waals surface area contributed by atoms with Crippen LogP contribution in [-0.2, 0) is 4.74 Å². The summed E-state index contributed by atoms with van der Waals surface area (Å²) < 4.78 is 10.5. The van der Waals surface area contributed by atoms with Crippen molar-refractivity contribution < 1.29 is 14.3 Å². The van der Waals surface area contributed by atoms with Crippen LogP contribution in [-0.4, -0.2) is 32.3 Å². The fraction of sp³-hybridized carbons (Fsp3) is 0.632. The molecule has 0 radical (unpaired) electrons. The molecule has 1 aromatic carbocycles. The fourth-order valence-corrected chi connectivity index (χ4v) is 3.26. The summed E-state index contributed by atoms with van der Waals surface area (Å²) in [7, 11) is 1.64. The van der Waals surface area contributed by atoms with Crippen molar-refractivity contribution in [3.8, 4) is 5.75 Å². The zero-order chi connectivity index (χ0) is 16.5. The van der Waals surface area contributed by atoms with E-state index in [9.17, 15) is 4.79 Å². The van der Waals surface area contributed by atoms with E-state index in [0.717, 1.165) is 6.42 Å². The number of hydrogen-bond acceptors (Lipinski definition) is 3. The Bertz CT molecular complexity index is 489. The molecule has 1 amide bonds. The molecular formula is C19H29NO3. The molecule has 4 heteroatoms. The first-order valence-electron chi connectivity index (χ1n) is 8.77. The van der Waals surface area contributed by atoms with Gasteiger partial charge in [-0.1, -0.05) is 32.3 Å². The average molecular weight is 319 g/mol. The van der Waals surface area contributed by atoms with Crippen molar-refractivity contribution >= 4 is 5.91 Å². The third-order valence-corrected chi connectivity index (χ3v) is 4.56. The lowest BCUT2D eigenvalue weighted by Gasteiger charge is -2.21. The molecule has 1 saturated carbocycles. The van der Waals surface area contributed by atoms with Crippen LogP contribution in [0, 0.1) is 5.92 Å². The number of carbonyl (C=O) groups is 1. The molecule has 1 fully saturated rings. The zero-order valence-electron chi connectivity index (χ0n) is 14.3. The highest BCUT2D eigenvalue weighted by molar-refractivity contribution is 5.94. The van der Waals surface area contributed by atoms with E-state index in [0.29, 0.717) is 36.5 Å². The van der Waals surface area contributed by atoms with Crippen molar-refractivity contribution in [1.29, 1.82) is 0 Å². The molecule has 1 aliphatic carbocycles. The first kappa shape index (κ1) is 17.8. The van der Waals surface area contributed by atoms with E-state index in [4.69, 9.17) is 9.47 Å². The van der Waals surface area contributed by atoms with Crippen molar-refractivity contribution in [2.75, 3.05) is 20.3 Å². The molecule has 4 nitrogen and oxygen atoms in total. The van der Waals surface area contributed by atoms with Gasteiger partial charge in [-0.2, -0.15) is 0 Å². The highest BCUT2D eigenvalue weighted by Crippen LogP contribution is 2.30. The molecule has 128 valence electrons. The van der Waals surface area contributed by atoms with Gasteiger partial charge in [0.25, 0.3) is 5.91 Å². The SMILES string of the molecule is CCCCC1CCCC1NC(=O)c1cccc(OCCOC)c1. The number of amides is 1. The van der Waals surface area contributed by atoms with E-state index < -0.39 is 0 Å². The Morgan fingerprint density at radius 1 is 1.30 bits per heavy atom. The van der Waals surface area contributed by atoms with E-state index in [1.807, 2.05) is 18.2 Å². The summed E-state index contributed by atoms with van der Waals surface area (Å²) >= 11 is 0. The fourth-order valence-electron chi connectivity index (χ4n) is 3.26. The molecule has 2 unspecified atom stereocenters. The van der Waals surface area contributed by atoms with Crippen LogP contribution in [0.15, 0.2) is 24.3 Å². The summed E-state index contributed by atoms with van der Waals surface area (Å²) in [6.45, 7) is 3.25. The van der Waals surface area contributed by atoms with Crippen LogP contribution in [0.5, 0.6) is 5.75 Å². The van der Waals surface area contributed by atoms with Gasteiger partial charge >= 0.3 is 0 Å². The Morgan fingerprint density at radius 3 is 2.96 bits per heavy atom. The third kappa shape index (κ3) is 5.54. The Balaban J connectivity index is 1.90. The first-order valence-corrected chi connectivity index (χ1v) is 8.77. The molecule has 2 rings (SSSR count). The first-order chi connectivity index (χ1) is 11.2. The molecule has 2 atom stereocenters. The van der Waals surface area contributed by atoms with Crippen LogP contribution in [0.4, 0.5) is 0 Å². The summed E-state index contributed by atoms with van der Waals surface area (Å²) in [5, 5.41) is 3.23. The maximum absolute atomic E-state index is 12.5. The van der Waals surface area contributed by atoms with E-state index >= 15 is 0 Å². The van der Waals surface area contributed by atoms with Gasteiger partial charge < -0.3 is 14.8 Å². The predicted molar refractivity (Wildman–Crippen MR) is 91.9 cm³/mol. The second-order valence-corrected chi connectivity index (χ2v) is 6.28. The maximum atomic E-state index is 12.5. The number of nitrogens with one attached hydrogen (secondary N) is 1. The number of rotatable bonds is 9. The van der Waals surface area contributed by atoms with E-state index in [2.05, 4.69) is 12.2 Å². The molecule has 0 aliphatic heterocycles. The largest absolute Gasteiger partial charge is 0.491 e. The van der Waals surface area contributed by atoms with Gasteiger partial charge in [-0.15, -0.1) is 0 Å². The topological polar surface area (TPSA) is 47.6 Å². The number of methoxy groups -OCH3 is 1. The number of carbonyl (C=O) groups excluding carboxylic acids is 1. The van der Waals surface area contributed by atoms with Crippen molar-refractivity contribution in [3.63, 3.8) is 0 Å². The van der Waals surface area contributed by atoms with Gasteiger partial charge in [0.15, 0.2) is 0 Å². The number of hydrogen-bond donors (Lipinski definition) is 1. The lowest BCUT2D eigenvalue weighted by Crippen LogP contribution is -2.37. The van der Waals surface area contributed by atoms with Crippen LogP contribution in [0.3, 0.4) is 0 Å². The highest BCUT2D eigenvalue weighted by atomic mass is 16.5. The molecule has 0 saturated heterocycles. The standard InChI is InChI=1S/C19H29NO3/c1-3-4-7-15-8-6-11-18(15)20-19(21)16-9-5-10-17(14-16)23-13-12-22-2/h5,9-10,14-15,18H,3-4,6-8,11-13H2,1-2H3,(H,20,21). The van der Waals surface area contributed by atoms with Gasteiger partial charge in [0.1, 0.15) is 12.4 Å². The van der Waals surface area contributed by atoms with Crippen LogP contribution in [0.2, 0.25) is 0 Å². The Morgan fingerprint density at radius 2 is 2.17 bits per heavy atom. The van der Waals surface area contributed by atoms with Gasteiger partial charge in [-0.3, -0.25) is 4.79 Å². The second kappa shape index (κ2) is 9.56. The minimum atomic E-state index is 0.00981. The smallest absolute Gasteiger partial charge is 0.251 e. The summed E-state index contributed by atoms with van der Waals surface area (Å²) in [5.74, 6) is 1.36. The van der Waals surface area contributed by atoms with Crippen molar-refractivity contribution in [2.24, 2.45) is 5.92 Å². The normalized spacial score (nSPS) is 20.4. The van der Waals surface area contributed by atoms with Crippen molar-refractivity contribution in [2.45, 2.75) is 51.5 Å². The number of ether oxygens (including phenoxy) is 2. The van der Waals surface area contributed by atoms with Crippen LogP contribution in [0.25, 0.3) is 0 Å². The minimum Gasteiger partial charge on any atom is -0.491 e. The second-order valence-electron chi connectivity index (χ2n) is 6.28. The molecule has 0 bridgehead atoms. The molecule has 0 spiro atoms. The Hall–Kier alpha value is -1.55. The zero-order valence-corrected chi connectivity index (χ0v) is 14.3. The van der Waals surface area contributed by atoms with Gasteiger partial charge in [-0.25, -0.2) is 0 Å². The maximum Gasteiger partial charge on any atom is 0.251 e. The van der Waals surface area contributed by atoms with Gasteiger partial charge in [-0.05, 0) is 43.4 Å². The molecular weight excluding hydrogens is 290 g/mol. The number of unbranched alkanes of at least 4 members (excludes halogenated alkanes) is 1. The van der Waals surface area contributed by atoms with E-state index in [1.165, 1.54) is 32.1 Å². The predicted octanol–water partition coefficient (Wildman–Crippen LogP) is 3.80. The average Bonchev–Trinajstić information content (AvgIpc) is 3.00. The Kier molecular flexibility index (Phi) is 7.40. The summed E-state index contributed by atoms with van der Waals surface area (Å²) in [6.07, 6.45) is 7.26. The molecule has 0 heterocycles. The quantitative estimate of drug-likeness (QED) is 0.704. The van der Waals surface area contributed by atoms with Crippen molar-refractivity contribution in [3.05, 3.63) is 29.8 Å². The summed E-state index contributed by atoms with van der Waals surface area (Å²) in [4.78, 5) is 12.5. The molecule has 1 aromatic rings. The summed E-state index contributed by atoms with van der Waals surface area (Å²) in [6, 6.07) is 7.70. The van der Waals surface area contributed by atoms with Gasteiger partial charge in [0.05, 0.1) is 6.61 Å². The molecule has 0 aromatic heterocycles. The van der Waals surface area contributed by atoms with Gasteiger partial charge in [0, 0.05) is 18.7 Å². The molecule has 1 N–H and O–H groups in total. The summed E-state index contributed by atoms with van der Waals surface area (Å²) in [5.41, 5.74) is 0.668. The molecule has 23 heavy (non-hydrogen) atoms. The highest BCUT2D eigenvalue weighted by Gasteiger charge is 2.28. The monoisotopic (exact) mass is 319 g/mol. The minimum absolute atomic E-state index is 0.00981. The van der Waals surface area contributed by atoms with Crippen LogP contribution < -0.4 is 10.1 Å². The van der Waals surface area contributed by atoms with E-state index in [-0.39, 0.29) is 5.91 Å². The Labute approximate surface area is 139 Å².